The SMILES string of the molecule is CNCc1ccc(OCCSC)c(OC)c1. The van der Waals surface area contributed by atoms with Crippen molar-refractivity contribution >= 4 is 11.8 Å². The second-order valence-electron chi connectivity index (χ2n) is 3.36. The highest BCUT2D eigenvalue weighted by atomic mass is 32.2. The number of methoxy groups -OCH3 is 1. The van der Waals surface area contributed by atoms with Crippen LogP contribution in [0.1, 0.15) is 5.56 Å². The predicted octanol–water partition coefficient (Wildman–Crippen LogP) is 2.16. The summed E-state index contributed by atoms with van der Waals surface area (Å²) in [5, 5.41) is 3.11. The molecule has 1 aromatic carbocycles. The Bertz CT molecular complexity index is 318. The molecule has 3 nitrogen and oxygen atoms in total. The summed E-state index contributed by atoms with van der Waals surface area (Å²) >= 11 is 1.77. The number of thioether (sulfide) groups is 1. The van der Waals surface area contributed by atoms with Crippen molar-refractivity contribution < 1.29 is 9.47 Å². The Hall–Kier alpha value is -0.870. The summed E-state index contributed by atoms with van der Waals surface area (Å²) in [7, 11) is 3.59. The Balaban J connectivity index is 2.68. The van der Waals surface area contributed by atoms with Crippen LogP contribution in [-0.2, 0) is 6.54 Å². The zero-order chi connectivity index (χ0) is 11.8. The van der Waals surface area contributed by atoms with Crippen molar-refractivity contribution in [3.63, 3.8) is 0 Å². The van der Waals surface area contributed by atoms with E-state index in [0.717, 1.165) is 23.8 Å². The molecule has 0 aliphatic carbocycles. The van der Waals surface area contributed by atoms with Crippen LogP contribution in [0, 0.1) is 0 Å². The van der Waals surface area contributed by atoms with Gasteiger partial charge in [0.15, 0.2) is 11.5 Å². The van der Waals surface area contributed by atoms with Crippen molar-refractivity contribution in [1.82, 2.24) is 5.32 Å². The van der Waals surface area contributed by atoms with E-state index in [2.05, 4.69) is 11.6 Å². The van der Waals surface area contributed by atoms with Crippen LogP contribution >= 0.6 is 11.8 Å². The zero-order valence-electron chi connectivity index (χ0n) is 10.1. The van der Waals surface area contributed by atoms with Crippen molar-refractivity contribution in [3.05, 3.63) is 23.8 Å². The van der Waals surface area contributed by atoms with Gasteiger partial charge in [-0.3, -0.25) is 0 Å². The van der Waals surface area contributed by atoms with Crippen LogP contribution in [0.2, 0.25) is 0 Å². The Labute approximate surface area is 102 Å². The molecule has 0 radical (unpaired) electrons. The number of rotatable bonds is 7. The van der Waals surface area contributed by atoms with Gasteiger partial charge in [0.25, 0.3) is 0 Å². The zero-order valence-corrected chi connectivity index (χ0v) is 10.9. The Kier molecular flexibility index (Phi) is 6.11. The lowest BCUT2D eigenvalue weighted by atomic mass is 10.2. The minimum atomic E-state index is 0.711. The molecule has 0 saturated heterocycles. The number of benzene rings is 1. The fourth-order valence-electron chi connectivity index (χ4n) is 1.38. The lowest BCUT2D eigenvalue weighted by molar-refractivity contribution is 0.313. The first-order chi connectivity index (χ1) is 7.81. The molecule has 0 amide bonds. The third-order valence-electron chi connectivity index (χ3n) is 2.15. The number of hydrogen-bond donors (Lipinski definition) is 1. The maximum absolute atomic E-state index is 5.64. The van der Waals surface area contributed by atoms with Gasteiger partial charge >= 0.3 is 0 Å². The third kappa shape index (κ3) is 3.94. The molecule has 90 valence electrons. The fraction of sp³-hybridized carbons (Fsp3) is 0.500. The molecule has 1 aromatic rings. The average molecular weight is 241 g/mol. The highest BCUT2D eigenvalue weighted by Gasteiger charge is 2.05. The van der Waals surface area contributed by atoms with Gasteiger partial charge in [-0.2, -0.15) is 11.8 Å². The van der Waals surface area contributed by atoms with Gasteiger partial charge in [0.05, 0.1) is 13.7 Å². The monoisotopic (exact) mass is 241 g/mol. The number of ether oxygens (including phenoxy) is 2. The highest BCUT2D eigenvalue weighted by molar-refractivity contribution is 7.98. The highest BCUT2D eigenvalue weighted by Crippen LogP contribution is 2.28. The first-order valence-corrected chi connectivity index (χ1v) is 6.64. The first-order valence-electron chi connectivity index (χ1n) is 5.25. The van der Waals surface area contributed by atoms with Crippen molar-refractivity contribution in [2.45, 2.75) is 6.54 Å². The molecule has 0 aliphatic heterocycles. The average Bonchev–Trinajstić information content (AvgIpc) is 2.31. The molecule has 0 aromatic heterocycles. The summed E-state index contributed by atoms with van der Waals surface area (Å²) in [6, 6.07) is 6.02. The quantitative estimate of drug-likeness (QED) is 0.741. The van der Waals surface area contributed by atoms with Gasteiger partial charge in [-0.15, -0.1) is 0 Å². The van der Waals surface area contributed by atoms with E-state index < -0.39 is 0 Å². The Morgan fingerprint density at radius 2 is 2.12 bits per heavy atom. The van der Waals surface area contributed by atoms with E-state index in [0.29, 0.717) is 6.61 Å². The van der Waals surface area contributed by atoms with Crippen LogP contribution in [0.3, 0.4) is 0 Å². The summed E-state index contributed by atoms with van der Waals surface area (Å²) in [6.45, 7) is 1.55. The van der Waals surface area contributed by atoms with Crippen LogP contribution in [0.5, 0.6) is 11.5 Å². The molecule has 0 fully saturated rings. The minimum absolute atomic E-state index is 0.711. The standard InChI is InChI=1S/C12H19NO2S/c1-13-9-10-4-5-11(12(8-10)14-2)15-6-7-16-3/h4-5,8,13H,6-7,9H2,1-3H3. The van der Waals surface area contributed by atoms with E-state index >= 15 is 0 Å². The summed E-state index contributed by atoms with van der Waals surface area (Å²) in [5.74, 6) is 2.60. The molecule has 0 heterocycles. The molecule has 0 spiro atoms. The van der Waals surface area contributed by atoms with E-state index in [1.54, 1.807) is 18.9 Å². The largest absolute Gasteiger partial charge is 0.493 e. The lowest BCUT2D eigenvalue weighted by Crippen LogP contribution is -2.06. The lowest BCUT2D eigenvalue weighted by Gasteiger charge is -2.11. The summed E-state index contributed by atoms with van der Waals surface area (Å²) in [6.07, 6.45) is 2.07. The van der Waals surface area contributed by atoms with Crippen molar-refractivity contribution in [3.8, 4) is 11.5 Å². The maximum Gasteiger partial charge on any atom is 0.161 e. The molecule has 0 bridgehead atoms. The molecule has 4 heteroatoms. The second-order valence-corrected chi connectivity index (χ2v) is 4.34. The molecular formula is C12H19NO2S. The molecule has 16 heavy (non-hydrogen) atoms. The fourth-order valence-corrected chi connectivity index (χ4v) is 1.63. The van der Waals surface area contributed by atoms with E-state index in [4.69, 9.17) is 9.47 Å². The maximum atomic E-state index is 5.64. The van der Waals surface area contributed by atoms with Crippen molar-refractivity contribution in [2.75, 3.05) is 32.8 Å². The van der Waals surface area contributed by atoms with Crippen LogP contribution in [0.15, 0.2) is 18.2 Å². The first kappa shape index (κ1) is 13.2. The third-order valence-corrected chi connectivity index (χ3v) is 2.73. The van der Waals surface area contributed by atoms with Crippen molar-refractivity contribution in [2.24, 2.45) is 0 Å². The number of hydrogen-bond acceptors (Lipinski definition) is 4. The summed E-state index contributed by atoms with van der Waals surface area (Å²) < 4.78 is 10.9. The molecular weight excluding hydrogens is 222 g/mol. The topological polar surface area (TPSA) is 30.5 Å². The van der Waals surface area contributed by atoms with Gasteiger partial charge < -0.3 is 14.8 Å². The van der Waals surface area contributed by atoms with Gasteiger partial charge in [0.1, 0.15) is 0 Å². The van der Waals surface area contributed by atoms with Gasteiger partial charge in [-0.05, 0) is 31.0 Å². The van der Waals surface area contributed by atoms with Crippen LogP contribution in [-0.4, -0.2) is 32.8 Å². The molecule has 0 saturated carbocycles. The molecule has 0 unspecified atom stereocenters. The van der Waals surface area contributed by atoms with Gasteiger partial charge in [-0.1, -0.05) is 6.07 Å². The number of nitrogens with one attached hydrogen (secondary N) is 1. The van der Waals surface area contributed by atoms with E-state index in [1.165, 1.54) is 5.56 Å². The molecule has 0 aliphatic rings. The van der Waals surface area contributed by atoms with Crippen molar-refractivity contribution in [1.29, 1.82) is 0 Å². The van der Waals surface area contributed by atoms with E-state index in [9.17, 15) is 0 Å². The second kappa shape index (κ2) is 7.41. The van der Waals surface area contributed by atoms with Gasteiger partial charge in [0.2, 0.25) is 0 Å². The summed E-state index contributed by atoms with van der Waals surface area (Å²) in [4.78, 5) is 0. The Morgan fingerprint density at radius 1 is 1.31 bits per heavy atom. The van der Waals surface area contributed by atoms with Crippen LogP contribution in [0.25, 0.3) is 0 Å². The minimum Gasteiger partial charge on any atom is -0.493 e. The van der Waals surface area contributed by atoms with Crippen LogP contribution in [0.4, 0.5) is 0 Å². The van der Waals surface area contributed by atoms with Gasteiger partial charge in [0, 0.05) is 12.3 Å². The van der Waals surface area contributed by atoms with Gasteiger partial charge in [-0.25, -0.2) is 0 Å². The predicted molar refractivity (Wildman–Crippen MR) is 69.6 cm³/mol. The molecule has 1 N–H and O–H groups in total. The van der Waals surface area contributed by atoms with E-state index in [1.807, 2.05) is 25.2 Å². The smallest absolute Gasteiger partial charge is 0.161 e. The van der Waals surface area contributed by atoms with E-state index in [-0.39, 0.29) is 0 Å². The van der Waals surface area contributed by atoms with Crippen LogP contribution < -0.4 is 14.8 Å². The molecule has 0 atom stereocenters. The normalized spacial score (nSPS) is 10.2. The summed E-state index contributed by atoms with van der Waals surface area (Å²) in [5.41, 5.74) is 1.19. The molecule has 1 rings (SSSR count). The Morgan fingerprint density at radius 3 is 2.75 bits per heavy atom.